The monoisotopic (exact) mass is 144 g/mol. The highest BCUT2D eigenvalue weighted by atomic mass is 15.1. The van der Waals surface area contributed by atoms with E-state index in [-0.39, 0.29) is 0 Å². The van der Waals surface area contributed by atoms with Crippen molar-refractivity contribution in [1.82, 2.24) is 0 Å². The fourth-order valence-corrected chi connectivity index (χ4v) is 1.87. The molecule has 4 N–H and O–H groups in total. The van der Waals surface area contributed by atoms with Crippen LogP contribution in [0.2, 0.25) is 0 Å². The van der Waals surface area contributed by atoms with Gasteiger partial charge in [0.15, 0.2) is 0 Å². The van der Waals surface area contributed by atoms with Gasteiger partial charge in [-0.05, 0) is 12.8 Å². The molecule has 1 aliphatic rings. The first kappa shape index (κ1) is 8.02. The van der Waals surface area contributed by atoms with Crippen molar-refractivity contribution in [1.29, 1.82) is 0 Å². The second-order valence-corrected chi connectivity index (χ2v) is 3.56. The van der Waals surface area contributed by atoms with Crippen LogP contribution in [0.15, 0.2) is 0 Å². The molecule has 0 bridgehead atoms. The molecule has 60 valence electrons. The molecule has 0 radical (unpaired) electrons. The highest BCUT2D eigenvalue weighted by molar-refractivity contribution is 4.54. The van der Waals surface area contributed by atoms with Gasteiger partial charge in [-0.2, -0.15) is 0 Å². The van der Waals surface area contributed by atoms with Gasteiger partial charge in [0.25, 0.3) is 0 Å². The Morgan fingerprint density at radius 3 is 3.00 bits per heavy atom. The van der Waals surface area contributed by atoms with Gasteiger partial charge in [0.05, 0.1) is 13.1 Å². The van der Waals surface area contributed by atoms with Crippen LogP contribution in [0, 0.1) is 5.92 Å². The largest absolute Gasteiger partial charge is 0.353 e. The van der Waals surface area contributed by atoms with Crippen LogP contribution in [0.3, 0.4) is 0 Å². The summed E-state index contributed by atoms with van der Waals surface area (Å²) >= 11 is 0. The smallest absolute Gasteiger partial charge is 0.127 e. The van der Waals surface area contributed by atoms with Crippen LogP contribution in [0.25, 0.3) is 0 Å². The van der Waals surface area contributed by atoms with Gasteiger partial charge < -0.3 is 10.6 Å². The maximum absolute atomic E-state index is 3.88. The topological polar surface area (TPSA) is 32.1 Å². The standard InChI is InChI=1S/C8H18N2/c1-8-3-2-5-10(7-8)6-4-9/h8H,2-7,9H2,1H3/p+2/t8-/m0/s1. The lowest BCUT2D eigenvalue weighted by molar-refractivity contribution is -0.913. The van der Waals surface area contributed by atoms with E-state index in [9.17, 15) is 0 Å². The molecule has 1 heterocycles. The summed E-state index contributed by atoms with van der Waals surface area (Å²) in [7, 11) is 0. The summed E-state index contributed by atoms with van der Waals surface area (Å²) in [5.41, 5.74) is 3.88. The Balaban J connectivity index is 2.18. The molecule has 0 aromatic carbocycles. The van der Waals surface area contributed by atoms with E-state index in [1.54, 1.807) is 4.90 Å². The number of rotatable bonds is 2. The summed E-state index contributed by atoms with van der Waals surface area (Å²) in [6.07, 6.45) is 2.87. The molecular weight excluding hydrogens is 124 g/mol. The predicted octanol–water partition coefficient (Wildman–Crippen LogP) is -1.46. The summed E-state index contributed by atoms with van der Waals surface area (Å²) in [5, 5.41) is 0. The highest BCUT2D eigenvalue weighted by Crippen LogP contribution is 2.04. The van der Waals surface area contributed by atoms with Gasteiger partial charge in [-0.1, -0.05) is 6.92 Å². The molecule has 0 aliphatic carbocycles. The van der Waals surface area contributed by atoms with Gasteiger partial charge in [0, 0.05) is 5.92 Å². The number of nitrogens with one attached hydrogen (secondary N) is 1. The molecule has 0 aromatic heterocycles. The van der Waals surface area contributed by atoms with Crippen LogP contribution >= 0.6 is 0 Å². The zero-order valence-electron chi connectivity index (χ0n) is 7.03. The van der Waals surface area contributed by atoms with Crippen molar-refractivity contribution in [2.45, 2.75) is 19.8 Å². The van der Waals surface area contributed by atoms with E-state index in [2.05, 4.69) is 12.7 Å². The molecule has 1 saturated heterocycles. The molecule has 1 unspecified atom stereocenters. The predicted molar refractivity (Wildman–Crippen MR) is 41.7 cm³/mol. The number of piperidine rings is 1. The fraction of sp³-hybridized carbons (Fsp3) is 1.00. The fourth-order valence-electron chi connectivity index (χ4n) is 1.87. The van der Waals surface area contributed by atoms with E-state index < -0.39 is 0 Å². The second-order valence-electron chi connectivity index (χ2n) is 3.56. The van der Waals surface area contributed by atoms with Gasteiger partial charge in [0.2, 0.25) is 0 Å². The molecule has 0 aromatic rings. The lowest BCUT2D eigenvalue weighted by atomic mass is 10.0. The Morgan fingerprint density at radius 2 is 2.40 bits per heavy atom. The Hall–Kier alpha value is -0.0800. The summed E-state index contributed by atoms with van der Waals surface area (Å²) < 4.78 is 0. The van der Waals surface area contributed by atoms with Gasteiger partial charge in [-0.15, -0.1) is 0 Å². The summed E-state index contributed by atoms with van der Waals surface area (Å²) in [6, 6.07) is 0. The zero-order valence-corrected chi connectivity index (χ0v) is 7.03. The number of hydrogen-bond acceptors (Lipinski definition) is 0. The minimum absolute atomic E-state index is 0.954. The summed E-state index contributed by atoms with van der Waals surface area (Å²) in [4.78, 5) is 1.77. The van der Waals surface area contributed by atoms with E-state index in [4.69, 9.17) is 0 Å². The maximum atomic E-state index is 3.88. The second kappa shape index (κ2) is 3.94. The third kappa shape index (κ3) is 2.27. The van der Waals surface area contributed by atoms with Gasteiger partial charge >= 0.3 is 0 Å². The molecular formula is C8H20N2+2. The van der Waals surface area contributed by atoms with Crippen molar-refractivity contribution in [3.63, 3.8) is 0 Å². The van der Waals surface area contributed by atoms with E-state index in [1.807, 2.05) is 0 Å². The molecule has 1 fully saturated rings. The average molecular weight is 144 g/mol. The van der Waals surface area contributed by atoms with Crippen molar-refractivity contribution in [3.05, 3.63) is 0 Å². The Morgan fingerprint density at radius 1 is 1.60 bits per heavy atom. The molecule has 0 saturated carbocycles. The van der Waals surface area contributed by atoms with Crippen LogP contribution in [-0.2, 0) is 0 Å². The number of likely N-dealkylation sites (tertiary alicyclic amines) is 1. The minimum Gasteiger partial charge on any atom is -0.353 e. The lowest BCUT2D eigenvalue weighted by Gasteiger charge is -2.26. The van der Waals surface area contributed by atoms with Crippen LogP contribution in [-0.4, -0.2) is 26.2 Å². The molecule has 0 amide bonds. The van der Waals surface area contributed by atoms with E-state index >= 15 is 0 Å². The first-order chi connectivity index (χ1) is 4.83. The van der Waals surface area contributed by atoms with Crippen LogP contribution in [0.5, 0.6) is 0 Å². The maximum Gasteiger partial charge on any atom is 0.127 e. The summed E-state index contributed by atoms with van der Waals surface area (Å²) in [6.45, 7) is 7.52. The molecule has 1 aliphatic heterocycles. The average Bonchev–Trinajstić information content (AvgIpc) is 1.88. The normalized spacial score (nSPS) is 34.2. The van der Waals surface area contributed by atoms with Crippen molar-refractivity contribution in [3.8, 4) is 0 Å². The van der Waals surface area contributed by atoms with Crippen LogP contribution in [0.1, 0.15) is 19.8 Å². The SMILES string of the molecule is C[C@H]1CCC[NH+](CC[NH3+])C1. The molecule has 2 atom stereocenters. The molecule has 1 rings (SSSR count). The third-order valence-electron chi connectivity index (χ3n) is 2.39. The van der Waals surface area contributed by atoms with Crippen molar-refractivity contribution < 1.29 is 10.6 Å². The van der Waals surface area contributed by atoms with Gasteiger partial charge in [-0.3, -0.25) is 0 Å². The molecule has 2 heteroatoms. The molecule has 0 spiro atoms. The minimum atomic E-state index is 0.954. The van der Waals surface area contributed by atoms with Crippen molar-refractivity contribution in [2.75, 3.05) is 26.2 Å². The summed E-state index contributed by atoms with van der Waals surface area (Å²) in [5.74, 6) is 0.954. The Kier molecular flexibility index (Phi) is 3.16. The van der Waals surface area contributed by atoms with Crippen LogP contribution in [0.4, 0.5) is 0 Å². The molecule has 10 heavy (non-hydrogen) atoms. The van der Waals surface area contributed by atoms with E-state index in [0.717, 1.165) is 12.5 Å². The van der Waals surface area contributed by atoms with E-state index in [1.165, 1.54) is 32.5 Å². The van der Waals surface area contributed by atoms with Gasteiger partial charge in [-0.25, -0.2) is 0 Å². The molecule has 2 nitrogen and oxygen atoms in total. The first-order valence-electron chi connectivity index (χ1n) is 4.45. The zero-order chi connectivity index (χ0) is 7.40. The third-order valence-corrected chi connectivity index (χ3v) is 2.39. The first-order valence-corrected chi connectivity index (χ1v) is 4.45. The number of quaternary nitrogens is 2. The Bertz CT molecular complexity index is 91.3. The highest BCUT2D eigenvalue weighted by Gasteiger charge is 2.18. The Labute approximate surface area is 63.4 Å². The quantitative estimate of drug-likeness (QED) is 0.475. The number of hydrogen-bond donors (Lipinski definition) is 2. The van der Waals surface area contributed by atoms with Crippen LogP contribution < -0.4 is 10.6 Å². The van der Waals surface area contributed by atoms with Gasteiger partial charge in [0.1, 0.15) is 13.1 Å². The van der Waals surface area contributed by atoms with E-state index in [0.29, 0.717) is 0 Å². The lowest BCUT2D eigenvalue weighted by Crippen LogP contribution is -3.14. The van der Waals surface area contributed by atoms with Crippen molar-refractivity contribution >= 4 is 0 Å². The van der Waals surface area contributed by atoms with Crippen molar-refractivity contribution in [2.24, 2.45) is 5.92 Å².